The van der Waals surface area contributed by atoms with Gasteiger partial charge in [0.2, 0.25) is 5.88 Å². The Labute approximate surface area is 210 Å². The number of ether oxygens (including phenoxy) is 1. The molecule has 186 valence electrons. The van der Waals surface area contributed by atoms with Gasteiger partial charge in [-0.1, -0.05) is 17.7 Å². The second-order valence-corrected chi connectivity index (χ2v) is 11.7. The van der Waals surface area contributed by atoms with Gasteiger partial charge in [-0.2, -0.15) is 17.4 Å². The minimum atomic E-state index is -3.60. The van der Waals surface area contributed by atoms with Gasteiger partial charge in [0, 0.05) is 49.8 Å². The van der Waals surface area contributed by atoms with Crippen LogP contribution in [0.5, 0.6) is 5.88 Å². The Morgan fingerprint density at radius 3 is 2.60 bits per heavy atom. The molecule has 0 spiro atoms. The van der Waals surface area contributed by atoms with Crippen LogP contribution >= 0.6 is 11.6 Å². The zero-order valence-electron chi connectivity index (χ0n) is 19.8. The van der Waals surface area contributed by atoms with Crippen LogP contribution in [0.25, 0.3) is 5.69 Å². The Hall–Kier alpha value is -2.53. The molecule has 5 rings (SSSR count). The summed E-state index contributed by atoms with van der Waals surface area (Å²) in [4.78, 5) is 4.27. The fourth-order valence-electron chi connectivity index (χ4n) is 4.91. The first-order chi connectivity index (χ1) is 16.8. The van der Waals surface area contributed by atoms with E-state index in [2.05, 4.69) is 24.5 Å². The SMILES string of the molecule is CN(C)S(=O)(=O)NC1Cc2cc(Cl)ccc2-n2c(nnc2C2CCC(Oc3ccccn3)CC2)C1. The summed E-state index contributed by atoms with van der Waals surface area (Å²) in [6.45, 7) is 0. The molecule has 0 saturated heterocycles. The summed E-state index contributed by atoms with van der Waals surface area (Å²) in [5, 5.41) is 9.73. The van der Waals surface area contributed by atoms with Crippen molar-refractivity contribution in [3.8, 4) is 11.6 Å². The number of nitrogens with zero attached hydrogens (tertiary/aromatic N) is 5. The molecule has 1 aromatic carbocycles. The quantitative estimate of drug-likeness (QED) is 0.539. The van der Waals surface area contributed by atoms with Crippen molar-refractivity contribution in [2.75, 3.05) is 14.1 Å². The maximum atomic E-state index is 12.5. The summed E-state index contributed by atoms with van der Waals surface area (Å²) >= 11 is 6.33. The molecule has 1 aliphatic heterocycles. The smallest absolute Gasteiger partial charge is 0.279 e. The Bertz CT molecular complexity index is 1290. The van der Waals surface area contributed by atoms with Crippen molar-refractivity contribution in [3.63, 3.8) is 0 Å². The molecule has 11 heteroatoms. The van der Waals surface area contributed by atoms with Crippen LogP contribution < -0.4 is 9.46 Å². The number of hydrogen-bond donors (Lipinski definition) is 1. The van der Waals surface area contributed by atoms with E-state index in [4.69, 9.17) is 16.3 Å². The van der Waals surface area contributed by atoms with Crippen LogP contribution in [0.4, 0.5) is 0 Å². The van der Waals surface area contributed by atoms with Crippen LogP contribution in [0.2, 0.25) is 5.02 Å². The number of aromatic nitrogens is 4. The van der Waals surface area contributed by atoms with Crippen LogP contribution in [0.3, 0.4) is 0 Å². The molecular formula is C24H29ClN6O3S. The van der Waals surface area contributed by atoms with E-state index in [0.29, 0.717) is 23.7 Å². The summed E-state index contributed by atoms with van der Waals surface area (Å²) in [6.07, 6.45) is 6.47. The average Bonchev–Trinajstić information content (AvgIpc) is 3.16. The fourth-order valence-corrected chi connectivity index (χ4v) is 5.90. The second-order valence-electron chi connectivity index (χ2n) is 9.35. The summed E-state index contributed by atoms with van der Waals surface area (Å²) in [6, 6.07) is 11.1. The van der Waals surface area contributed by atoms with E-state index in [9.17, 15) is 8.42 Å². The maximum Gasteiger partial charge on any atom is 0.279 e. The van der Waals surface area contributed by atoms with Crippen molar-refractivity contribution in [1.29, 1.82) is 0 Å². The number of rotatable bonds is 6. The summed E-state index contributed by atoms with van der Waals surface area (Å²) in [7, 11) is -0.576. The van der Waals surface area contributed by atoms with Crippen molar-refractivity contribution in [2.45, 2.75) is 56.6 Å². The minimum absolute atomic E-state index is 0.128. The highest BCUT2D eigenvalue weighted by Gasteiger charge is 2.33. The maximum absolute atomic E-state index is 12.5. The Kier molecular flexibility index (Phi) is 6.80. The highest BCUT2D eigenvalue weighted by molar-refractivity contribution is 7.87. The highest BCUT2D eigenvalue weighted by Crippen LogP contribution is 2.37. The zero-order chi connectivity index (χ0) is 24.6. The standard InChI is InChI=1S/C24H29ClN6O3S/c1-30(2)35(32,33)29-19-14-17-13-18(25)8-11-21(17)31-22(15-19)27-28-24(31)16-6-9-20(10-7-16)34-23-5-3-4-12-26-23/h3-5,8,11-13,16,19-20,29H,6-7,9-10,14-15H2,1-2H3. The fraction of sp³-hybridized carbons (Fsp3) is 0.458. The van der Waals surface area contributed by atoms with Crippen LogP contribution in [-0.2, 0) is 23.1 Å². The highest BCUT2D eigenvalue weighted by atomic mass is 35.5. The van der Waals surface area contributed by atoms with Gasteiger partial charge in [0.25, 0.3) is 10.2 Å². The molecule has 1 saturated carbocycles. The van der Waals surface area contributed by atoms with Crippen molar-refractivity contribution in [3.05, 3.63) is 64.8 Å². The largest absolute Gasteiger partial charge is 0.474 e. The number of pyridine rings is 1. The molecule has 3 heterocycles. The lowest BCUT2D eigenvalue weighted by atomic mass is 9.86. The summed E-state index contributed by atoms with van der Waals surface area (Å²) < 4.78 is 37.3. The molecule has 1 unspecified atom stereocenters. The monoisotopic (exact) mass is 516 g/mol. The molecule has 9 nitrogen and oxygen atoms in total. The molecule has 3 aromatic rings. The Morgan fingerprint density at radius 2 is 1.89 bits per heavy atom. The van der Waals surface area contributed by atoms with Gasteiger partial charge in [-0.25, -0.2) is 4.98 Å². The van der Waals surface area contributed by atoms with E-state index in [1.165, 1.54) is 18.4 Å². The van der Waals surface area contributed by atoms with Gasteiger partial charge in [-0.05, 0) is 61.9 Å². The number of hydrogen-bond acceptors (Lipinski definition) is 6. The third-order valence-electron chi connectivity index (χ3n) is 6.69. The lowest BCUT2D eigenvalue weighted by molar-refractivity contribution is 0.139. The van der Waals surface area contributed by atoms with Gasteiger partial charge >= 0.3 is 0 Å². The van der Waals surface area contributed by atoms with Crippen molar-refractivity contribution < 1.29 is 13.2 Å². The number of halogens is 1. The van der Waals surface area contributed by atoms with E-state index in [1.54, 1.807) is 6.20 Å². The number of nitrogens with one attached hydrogen (secondary N) is 1. The molecule has 35 heavy (non-hydrogen) atoms. The van der Waals surface area contributed by atoms with Gasteiger partial charge in [0.1, 0.15) is 17.8 Å². The average molecular weight is 517 g/mol. The van der Waals surface area contributed by atoms with Crippen molar-refractivity contribution in [1.82, 2.24) is 28.8 Å². The zero-order valence-corrected chi connectivity index (χ0v) is 21.3. The Balaban J connectivity index is 1.40. The van der Waals surface area contributed by atoms with E-state index in [1.807, 2.05) is 36.4 Å². The molecule has 0 radical (unpaired) electrons. The molecule has 1 aliphatic carbocycles. The van der Waals surface area contributed by atoms with Gasteiger partial charge in [-0.3, -0.25) is 4.57 Å². The van der Waals surface area contributed by atoms with Crippen LogP contribution in [0.15, 0.2) is 42.6 Å². The normalized spacial score (nSPS) is 22.3. The molecule has 2 aromatic heterocycles. The molecular weight excluding hydrogens is 488 g/mol. The summed E-state index contributed by atoms with van der Waals surface area (Å²) in [5.41, 5.74) is 1.93. The number of benzene rings is 1. The number of fused-ring (bicyclic) bond motifs is 3. The minimum Gasteiger partial charge on any atom is -0.474 e. The Morgan fingerprint density at radius 1 is 1.09 bits per heavy atom. The van der Waals surface area contributed by atoms with Gasteiger partial charge in [0.15, 0.2) is 0 Å². The third kappa shape index (κ3) is 5.20. The lowest BCUT2D eigenvalue weighted by Gasteiger charge is -2.28. The van der Waals surface area contributed by atoms with Crippen molar-refractivity contribution >= 4 is 21.8 Å². The summed E-state index contributed by atoms with van der Waals surface area (Å²) in [5.74, 6) is 2.55. The van der Waals surface area contributed by atoms with E-state index >= 15 is 0 Å². The molecule has 1 N–H and O–H groups in total. The van der Waals surface area contributed by atoms with Crippen LogP contribution in [-0.4, -0.2) is 58.7 Å². The van der Waals surface area contributed by atoms with E-state index < -0.39 is 10.2 Å². The van der Waals surface area contributed by atoms with E-state index in [0.717, 1.165) is 48.6 Å². The topological polar surface area (TPSA) is 102 Å². The van der Waals surface area contributed by atoms with Gasteiger partial charge in [0.05, 0.1) is 5.69 Å². The molecule has 2 aliphatic rings. The third-order valence-corrected chi connectivity index (χ3v) is 8.52. The first-order valence-corrected chi connectivity index (χ1v) is 13.6. The second kappa shape index (κ2) is 9.85. The molecule has 1 fully saturated rings. The molecule has 0 amide bonds. The molecule has 1 atom stereocenters. The first kappa shape index (κ1) is 24.2. The lowest BCUT2D eigenvalue weighted by Crippen LogP contribution is -2.44. The molecule has 0 bridgehead atoms. The van der Waals surface area contributed by atoms with E-state index in [-0.39, 0.29) is 18.1 Å². The first-order valence-electron chi connectivity index (χ1n) is 11.8. The predicted octanol–water partition coefficient (Wildman–Crippen LogP) is 3.28. The van der Waals surface area contributed by atoms with Gasteiger partial charge in [-0.15, -0.1) is 10.2 Å². The van der Waals surface area contributed by atoms with Gasteiger partial charge < -0.3 is 4.74 Å². The van der Waals surface area contributed by atoms with Crippen LogP contribution in [0, 0.1) is 0 Å². The predicted molar refractivity (Wildman–Crippen MR) is 133 cm³/mol. The van der Waals surface area contributed by atoms with Crippen LogP contribution in [0.1, 0.15) is 48.8 Å². The van der Waals surface area contributed by atoms with Crippen molar-refractivity contribution in [2.24, 2.45) is 0 Å².